The molecule has 0 fully saturated rings. The lowest BCUT2D eigenvalue weighted by molar-refractivity contribution is -0.694. The number of unbranched alkanes of at least 4 members (excludes halogenated alkanes) is 13. The van der Waals surface area contributed by atoms with E-state index in [9.17, 15) is 8.42 Å². The molecule has 3 rings (SSSR count). The number of hydrogen-bond acceptors (Lipinski definition) is 4. The molecule has 0 aliphatic rings. The van der Waals surface area contributed by atoms with E-state index in [1.165, 1.54) is 87.8 Å². The maximum Gasteiger partial charge on any atom is 0.243 e. The van der Waals surface area contributed by atoms with Crippen molar-refractivity contribution >= 4 is 10.0 Å². The second kappa shape index (κ2) is 23.2. The zero-order valence-corrected chi connectivity index (χ0v) is 32.4. The Balaban J connectivity index is 0.00000768. The van der Waals surface area contributed by atoms with Gasteiger partial charge in [0.05, 0.1) is 18.6 Å². The van der Waals surface area contributed by atoms with E-state index in [4.69, 9.17) is 9.47 Å². The lowest BCUT2D eigenvalue weighted by Crippen LogP contribution is -3.00. The third-order valence-electron chi connectivity index (χ3n) is 8.64. The Hall–Kier alpha value is -2.17. The number of aromatic nitrogens is 1. The van der Waals surface area contributed by atoms with Crippen LogP contribution in [0.5, 0.6) is 11.5 Å². The molecule has 0 aliphatic carbocycles. The molecular weight excluding hydrogens is 719 g/mol. The number of hydrogen-bond donors (Lipinski definition) is 0. The van der Waals surface area contributed by atoms with E-state index in [1.54, 1.807) is 19.2 Å². The lowest BCUT2D eigenvalue weighted by Gasteiger charge is -2.23. The van der Waals surface area contributed by atoms with Crippen molar-refractivity contribution in [2.45, 2.75) is 135 Å². The molecule has 8 heteroatoms. The fourth-order valence-electron chi connectivity index (χ4n) is 5.77. The van der Waals surface area contributed by atoms with E-state index in [0.717, 1.165) is 29.7 Å². The number of sulfonamides is 1. The summed E-state index contributed by atoms with van der Waals surface area (Å²) in [6, 6.07) is 16.7. The average Bonchev–Trinajstić information content (AvgIpc) is 3.06. The fourth-order valence-corrected chi connectivity index (χ4v) is 7.18. The molecule has 0 spiro atoms. The van der Waals surface area contributed by atoms with Crippen molar-refractivity contribution in [3.8, 4) is 11.5 Å². The minimum absolute atomic E-state index is 0. The second-order valence-electron chi connectivity index (χ2n) is 12.6. The van der Waals surface area contributed by atoms with Gasteiger partial charge in [0, 0.05) is 24.7 Å². The number of nitrogens with zero attached hydrogens (tertiary/aromatic N) is 2. The summed E-state index contributed by atoms with van der Waals surface area (Å²) in [5, 5.41) is 0. The summed E-state index contributed by atoms with van der Waals surface area (Å²) in [6.07, 6.45) is 22.6. The van der Waals surface area contributed by atoms with Crippen molar-refractivity contribution in [1.82, 2.24) is 4.31 Å². The summed E-state index contributed by atoms with van der Waals surface area (Å²) in [4.78, 5) is 0.289. The lowest BCUT2D eigenvalue weighted by atomic mass is 10.0. The normalized spacial score (nSPS) is 11.4. The topological polar surface area (TPSA) is 59.7 Å². The number of methoxy groups -OCH3 is 1. The van der Waals surface area contributed by atoms with Gasteiger partial charge in [-0.2, -0.15) is 4.31 Å². The van der Waals surface area contributed by atoms with Crippen LogP contribution in [0.25, 0.3) is 0 Å². The molecule has 262 valence electrons. The zero-order valence-electron chi connectivity index (χ0n) is 29.4. The van der Waals surface area contributed by atoms with E-state index in [1.807, 2.05) is 61.8 Å². The Kier molecular flexibility index (Phi) is 20.3. The molecule has 0 bridgehead atoms. The van der Waals surface area contributed by atoms with Crippen molar-refractivity contribution < 1.29 is 46.4 Å². The molecule has 0 saturated carbocycles. The van der Waals surface area contributed by atoms with Gasteiger partial charge in [0.15, 0.2) is 23.9 Å². The van der Waals surface area contributed by atoms with Gasteiger partial charge in [-0.05, 0) is 56.2 Å². The molecular formula is C39H59IN2O4S. The zero-order chi connectivity index (χ0) is 33.0. The Morgan fingerprint density at radius 2 is 1.28 bits per heavy atom. The standard InChI is InChI=1S/C39H59N2O4S.HI/c1-5-7-8-9-10-11-12-13-14-15-16-17-18-19-29-45-38-27-24-35(30-39(38)44-4)32-41(33-36-21-20-28-40(6-2)31-36)46(42,43)37-25-22-34(3)23-26-37;/h20-28,30-31H,5-19,29,32-33H2,1-4H3;1H/q+1;/p-1. The van der Waals surface area contributed by atoms with Crippen LogP contribution in [0.3, 0.4) is 0 Å². The Labute approximate surface area is 303 Å². The Morgan fingerprint density at radius 1 is 0.702 bits per heavy atom. The highest BCUT2D eigenvalue weighted by Crippen LogP contribution is 2.30. The smallest absolute Gasteiger partial charge is 0.243 e. The van der Waals surface area contributed by atoms with Crippen molar-refractivity contribution in [2.75, 3.05) is 13.7 Å². The first-order chi connectivity index (χ1) is 22.4. The third-order valence-corrected chi connectivity index (χ3v) is 10.5. The average molecular weight is 779 g/mol. The van der Waals surface area contributed by atoms with Gasteiger partial charge in [0.1, 0.15) is 6.54 Å². The first kappa shape index (κ1) is 41.0. The van der Waals surface area contributed by atoms with Crippen molar-refractivity contribution in [2.24, 2.45) is 0 Å². The first-order valence-electron chi connectivity index (χ1n) is 17.7. The molecule has 0 N–H and O–H groups in total. The highest BCUT2D eigenvalue weighted by molar-refractivity contribution is 7.89. The van der Waals surface area contributed by atoms with Crippen LogP contribution in [-0.2, 0) is 29.7 Å². The van der Waals surface area contributed by atoms with Crippen molar-refractivity contribution in [3.05, 3.63) is 83.7 Å². The molecule has 0 atom stereocenters. The number of halogens is 1. The van der Waals surface area contributed by atoms with E-state index in [0.29, 0.717) is 18.1 Å². The van der Waals surface area contributed by atoms with Crippen LogP contribution >= 0.6 is 0 Å². The van der Waals surface area contributed by atoms with Gasteiger partial charge in [0.2, 0.25) is 10.0 Å². The van der Waals surface area contributed by atoms with E-state index in [2.05, 4.69) is 18.4 Å². The quantitative estimate of drug-likeness (QED) is 0.0588. The van der Waals surface area contributed by atoms with Crippen LogP contribution < -0.4 is 38.0 Å². The molecule has 0 saturated heterocycles. The number of benzene rings is 2. The number of ether oxygens (including phenoxy) is 2. The first-order valence-corrected chi connectivity index (χ1v) is 19.2. The van der Waals surface area contributed by atoms with Crippen LogP contribution in [0.2, 0.25) is 0 Å². The molecule has 1 aromatic heterocycles. The molecule has 3 aromatic rings. The van der Waals surface area contributed by atoms with Gasteiger partial charge in [-0.15, -0.1) is 0 Å². The summed E-state index contributed by atoms with van der Waals surface area (Å²) in [5.74, 6) is 1.32. The van der Waals surface area contributed by atoms with Gasteiger partial charge in [-0.1, -0.05) is 114 Å². The molecule has 0 aliphatic heterocycles. The Bertz CT molecular complexity index is 1380. The predicted octanol–water partition coefficient (Wildman–Crippen LogP) is 6.57. The van der Waals surface area contributed by atoms with Crippen molar-refractivity contribution in [1.29, 1.82) is 0 Å². The minimum atomic E-state index is -3.75. The summed E-state index contributed by atoms with van der Waals surface area (Å²) in [7, 11) is -2.12. The van der Waals surface area contributed by atoms with E-state index < -0.39 is 10.0 Å². The summed E-state index contributed by atoms with van der Waals surface area (Å²) < 4.78 is 43.1. The molecule has 1 heterocycles. The molecule has 2 aromatic carbocycles. The van der Waals surface area contributed by atoms with Crippen LogP contribution in [0.1, 0.15) is 120 Å². The monoisotopic (exact) mass is 778 g/mol. The summed E-state index contributed by atoms with van der Waals surface area (Å²) in [5.41, 5.74) is 2.79. The number of rotatable bonds is 24. The van der Waals surface area contributed by atoms with Gasteiger partial charge >= 0.3 is 0 Å². The second-order valence-corrected chi connectivity index (χ2v) is 14.5. The maximum atomic E-state index is 13.9. The summed E-state index contributed by atoms with van der Waals surface area (Å²) in [6.45, 7) is 8.24. The van der Waals surface area contributed by atoms with E-state index >= 15 is 0 Å². The highest BCUT2D eigenvalue weighted by atomic mass is 127. The van der Waals surface area contributed by atoms with E-state index in [-0.39, 0.29) is 42.0 Å². The van der Waals surface area contributed by atoms with Crippen LogP contribution in [0, 0.1) is 6.92 Å². The van der Waals surface area contributed by atoms with Crippen LogP contribution in [0.15, 0.2) is 71.9 Å². The highest BCUT2D eigenvalue weighted by Gasteiger charge is 2.26. The van der Waals surface area contributed by atoms with Crippen LogP contribution in [-0.4, -0.2) is 26.4 Å². The largest absolute Gasteiger partial charge is 1.00 e. The fraction of sp³-hybridized carbons (Fsp3) is 0.564. The van der Waals surface area contributed by atoms with Crippen LogP contribution in [0.4, 0.5) is 0 Å². The molecule has 47 heavy (non-hydrogen) atoms. The minimum Gasteiger partial charge on any atom is -1.00 e. The van der Waals surface area contributed by atoms with Crippen molar-refractivity contribution in [3.63, 3.8) is 0 Å². The predicted molar refractivity (Wildman–Crippen MR) is 189 cm³/mol. The SMILES string of the molecule is CCCCCCCCCCCCCCCCOc1ccc(CN(Cc2ccc[n+](CC)c2)S(=O)(=O)c2ccc(C)cc2)cc1OC.[I-]. The maximum absolute atomic E-state index is 13.9. The number of pyridine rings is 1. The number of aryl methyl sites for hydroxylation is 2. The van der Waals surface area contributed by atoms with Gasteiger partial charge in [-0.3, -0.25) is 0 Å². The van der Waals surface area contributed by atoms with Gasteiger partial charge in [-0.25, -0.2) is 13.0 Å². The van der Waals surface area contributed by atoms with Gasteiger partial charge < -0.3 is 33.5 Å². The molecule has 0 unspecified atom stereocenters. The third kappa shape index (κ3) is 14.9. The summed E-state index contributed by atoms with van der Waals surface area (Å²) >= 11 is 0. The molecule has 0 radical (unpaired) electrons. The molecule has 6 nitrogen and oxygen atoms in total. The Morgan fingerprint density at radius 3 is 1.85 bits per heavy atom. The van der Waals surface area contributed by atoms with Gasteiger partial charge in [0.25, 0.3) is 0 Å². The molecule has 0 amide bonds.